The molecule has 18 nitrogen and oxygen atoms in total. The first-order valence-electron chi connectivity index (χ1n) is 8.61. The van der Waals surface area contributed by atoms with Crippen molar-refractivity contribution < 1.29 is 41.2 Å². The van der Waals surface area contributed by atoms with Gasteiger partial charge in [-0.05, 0) is 23.3 Å². The van der Waals surface area contributed by atoms with E-state index in [4.69, 9.17) is 15.0 Å². The number of tetrazole rings is 1. The zero-order valence-electron chi connectivity index (χ0n) is 15.6. The van der Waals surface area contributed by atoms with E-state index in [1.807, 2.05) is 0 Å². The summed E-state index contributed by atoms with van der Waals surface area (Å²) in [5, 5.41) is 10.6. The summed E-state index contributed by atoms with van der Waals surface area (Å²) in [6, 6.07) is -2.99. The molecule has 31 heavy (non-hydrogen) atoms. The van der Waals surface area contributed by atoms with Crippen molar-refractivity contribution in [1.29, 1.82) is 0 Å². The van der Waals surface area contributed by atoms with E-state index in [2.05, 4.69) is 30.7 Å². The summed E-state index contributed by atoms with van der Waals surface area (Å²) in [4.78, 5) is 49.0. The monoisotopic (exact) mass is 463 g/mol. The summed E-state index contributed by atoms with van der Waals surface area (Å²) in [5.41, 5.74) is 9.34. The molecule has 0 aliphatic carbocycles. The Morgan fingerprint density at radius 2 is 2.00 bits per heavy atom. The number of fused-ring (bicyclic) bond motifs is 2. The van der Waals surface area contributed by atoms with Crippen LogP contribution in [-0.2, 0) is 35.6 Å². The molecule has 2 aliphatic rings. The number of hydrazine groups is 1. The molecule has 19 heteroatoms. The Hall–Kier alpha value is -3.42. The minimum atomic E-state index is -4.91. The van der Waals surface area contributed by atoms with Crippen LogP contribution in [0, 0.1) is 0 Å². The van der Waals surface area contributed by atoms with Crippen molar-refractivity contribution >= 4 is 34.2 Å². The molecule has 2 saturated heterocycles. The zero-order chi connectivity index (χ0) is 22.8. The Bertz CT molecular complexity index is 995. The Labute approximate surface area is 173 Å². The van der Waals surface area contributed by atoms with Gasteiger partial charge in [0.2, 0.25) is 0 Å². The lowest BCUT2D eigenvalue weighted by molar-refractivity contribution is -0.134. The second kappa shape index (κ2) is 8.75. The van der Waals surface area contributed by atoms with Gasteiger partial charge in [-0.1, -0.05) is 5.10 Å². The summed E-state index contributed by atoms with van der Waals surface area (Å²) in [5.74, 6) is -2.37. The maximum Gasteiger partial charge on any atom is 0.418 e. The molecule has 0 unspecified atom stereocenters. The maximum atomic E-state index is 12.4. The number of carbonyl (C=O) groups excluding carboxylic acids is 4. The first kappa shape index (κ1) is 22.3. The standard InChI is InChI=1S/C12H17N9O9S/c13-3-9(23)29-11-16-17-18-20(11)5-8(22)14-15-10(24)7-2-1-6-4-19(7)12(25)21(6)30-31(26,27)28/h6-7H,1-5,13H2,(H,14,22)(H,15,24)(H,26,27,28)/t6-,7+/m1/s1. The number of piperidine rings is 1. The molecule has 2 atom stereocenters. The van der Waals surface area contributed by atoms with Crippen molar-refractivity contribution in [2.24, 2.45) is 5.73 Å². The van der Waals surface area contributed by atoms with E-state index >= 15 is 0 Å². The molecule has 5 N–H and O–H groups in total. The van der Waals surface area contributed by atoms with Crippen LogP contribution in [0.2, 0.25) is 0 Å². The molecule has 1 aromatic heterocycles. The van der Waals surface area contributed by atoms with Gasteiger partial charge in [0, 0.05) is 6.54 Å². The van der Waals surface area contributed by atoms with E-state index in [1.165, 1.54) is 0 Å². The number of nitrogens with two attached hydrogens (primary N) is 1. The second-order valence-electron chi connectivity index (χ2n) is 6.34. The highest BCUT2D eigenvalue weighted by atomic mass is 32.3. The van der Waals surface area contributed by atoms with Crippen molar-refractivity contribution in [3.63, 3.8) is 0 Å². The van der Waals surface area contributed by atoms with Crippen LogP contribution >= 0.6 is 0 Å². The molecule has 4 amide bonds. The number of urea groups is 1. The van der Waals surface area contributed by atoms with E-state index in [0.29, 0.717) is 5.06 Å². The van der Waals surface area contributed by atoms with E-state index in [0.717, 1.165) is 9.58 Å². The maximum absolute atomic E-state index is 12.4. The summed E-state index contributed by atoms with van der Waals surface area (Å²) < 4.78 is 40.4. The molecular formula is C12H17N9O9S. The highest BCUT2D eigenvalue weighted by Gasteiger charge is 2.49. The van der Waals surface area contributed by atoms with E-state index in [1.54, 1.807) is 0 Å². The van der Waals surface area contributed by atoms with Crippen molar-refractivity contribution in [3.8, 4) is 6.01 Å². The number of hydroxylamine groups is 2. The number of hydrogen-bond donors (Lipinski definition) is 4. The summed E-state index contributed by atoms with van der Waals surface area (Å²) in [7, 11) is -4.91. The van der Waals surface area contributed by atoms with Gasteiger partial charge >= 0.3 is 28.4 Å². The van der Waals surface area contributed by atoms with E-state index in [9.17, 15) is 27.6 Å². The van der Waals surface area contributed by atoms with E-state index < -0.39 is 59.4 Å². The van der Waals surface area contributed by atoms with Gasteiger partial charge in [0.05, 0.1) is 12.6 Å². The summed E-state index contributed by atoms with van der Waals surface area (Å²) >= 11 is 0. The molecular weight excluding hydrogens is 446 g/mol. The van der Waals surface area contributed by atoms with Crippen LogP contribution in [0.3, 0.4) is 0 Å². The third-order valence-electron chi connectivity index (χ3n) is 4.29. The van der Waals surface area contributed by atoms with Crippen molar-refractivity contribution in [2.45, 2.75) is 31.5 Å². The predicted octanol–water partition coefficient (Wildman–Crippen LogP) is -4.31. The first-order valence-corrected chi connectivity index (χ1v) is 9.98. The molecule has 170 valence electrons. The topological polar surface area (TPSA) is 241 Å². The SMILES string of the molecule is NCC(=O)Oc1nnnn1CC(=O)NNC(=O)[C@@H]1CC[C@@H]2CN1C(=O)N2OS(=O)(=O)O. The lowest BCUT2D eigenvalue weighted by atomic mass is 10.0. The molecule has 3 rings (SSSR count). The average Bonchev–Trinajstić information content (AvgIpc) is 3.23. The number of esters is 1. The van der Waals surface area contributed by atoms with Crippen molar-refractivity contribution in [2.75, 3.05) is 13.1 Å². The van der Waals surface area contributed by atoms with Gasteiger partial charge < -0.3 is 15.4 Å². The summed E-state index contributed by atoms with van der Waals surface area (Å²) in [6.45, 7) is -0.966. The van der Waals surface area contributed by atoms with Gasteiger partial charge in [-0.15, -0.1) is 4.28 Å². The number of nitrogens with zero attached hydrogens (tertiary/aromatic N) is 6. The van der Waals surface area contributed by atoms with Crippen LogP contribution in [0.1, 0.15) is 12.8 Å². The van der Waals surface area contributed by atoms with Gasteiger partial charge in [0.15, 0.2) is 0 Å². The Balaban J connectivity index is 1.54. The molecule has 2 fully saturated rings. The number of ether oxygens (including phenoxy) is 1. The van der Waals surface area contributed by atoms with Gasteiger partial charge in [0.1, 0.15) is 12.6 Å². The van der Waals surface area contributed by atoms with Gasteiger partial charge in [0.25, 0.3) is 11.8 Å². The third kappa shape index (κ3) is 5.20. The summed E-state index contributed by atoms with van der Waals surface area (Å²) in [6.07, 6.45) is 0.361. The van der Waals surface area contributed by atoms with Crippen molar-refractivity contribution in [3.05, 3.63) is 0 Å². The number of hydrogen-bond acceptors (Lipinski definition) is 12. The number of amides is 4. The fourth-order valence-corrected chi connectivity index (χ4v) is 3.39. The molecule has 0 spiro atoms. The molecule has 2 bridgehead atoms. The Morgan fingerprint density at radius 1 is 1.26 bits per heavy atom. The fraction of sp³-hybridized carbons (Fsp3) is 0.583. The second-order valence-corrected chi connectivity index (χ2v) is 7.35. The number of rotatable bonds is 7. The predicted molar refractivity (Wildman–Crippen MR) is 92.2 cm³/mol. The highest BCUT2D eigenvalue weighted by molar-refractivity contribution is 7.80. The lowest BCUT2D eigenvalue weighted by Crippen LogP contribution is -2.54. The highest BCUT2D eigenvalue weighted by Crippen LogP contribution is 2.30. The average molecular weight is 463 g/mol. The zero-order valence-corrected chi connectivity index (χ0v) is 16.4. The number of nitrogens with one attached hydrogen (secondary N) is 2. The quantitative estimate of drug-likeness (QED) is 0.170. The van der Waals surface area contributed by atoms with Crippen LogP contribution < -0.4 is 21.3 Å². The number of carbonyl (C=O) groups is 4. The molecule has 0 radical (unpaired) electrons. The van der Waals surface area contributed by atoms with Crippen LogP contribution in [0.5, 0.6) is 6.01 Å². The lowest BCUT2D eigenvalue weighted by Gasteiger charge is -2.29. The van der Waals surface area contributed by atoms with Crippen molar-refractivity contribution in [1.82, 2.24) is 41.0 Å². The first-order chi connectivity index (χ1) is 14.6. The van der Waals surface area contributed by atoms with Crippen LogP contribution in [0.15, 0.2) is 0 Å². The molecule has 3 heterocycles. The van der Waals surface area contributed by atoms with Crippen LogP contribution in [0.4, 0.5) is 4.79 Å². The van der Waals surface area contributed by atoms with Crippen LogP contribution in [0.25, 0.3) is 0 Å². The fourth-order valence-electron chi connectivity index (χ4n) is 3.01. The van der Waals surface area contributed by atoms with Gasteiger partial charge in [-0.3, -0.25) is 29.8 Å². The minimum Gasteiger partial charge on any atom is -0.389 e. The van der Waals surface area contributed by atoms with Gasteiger partial charge in [-0.2, -0.15) is 18.2 Å². The third-order valence-corrected chi connectivity index (χ3v) is 4.64. The minimum absolute atomic E-state index is 0.0130. The molecule has 0 aromatic carbocycles. The Kier molecular flexibility index (Phi) is 6.29. The Morgan fingerprint density at radius 3 is 2.68 bits per heavy atom. The van der Waals surface area contributed by atoms with Crippen LogP contribution in [-0.4, -0.2) is 92.1 Å². The van der Waals surface area contributed by atoms with E-state index in [-0.39, 0.29) is 25.4 Å². The molecule has 2 aliphatic heterocycles. The number of aromatic nitrogens is 4. The normalized spacial score (nSPS) is 20.5. The largest absolute Gasteiger partial charge is 0.418 e. The molecule has 0 saturated carbocycles. The smallest absolute Gasteiger partial charge is 0.389 e. The molecule has 1 aromatic rings. The van der Waals surface area contributed by atoms with Gasteiger partial charge in [-0.25, -0.2) is 4.79 Å².